The van der Waals surface area contributed by atoms with E-state index in [0.29, 0.717) is 31.8 Å². The highest BCUT2D eigenvalue weighted by molar-refractivity contribution is 14.0. The van der Waals surface area contributed by atoms with Crippen molar-refractivity contribution in [1.29, 1.82) is 0 Å². The Bertz CT molecular complexity index is 320. The van der Waals surface area contributed by atoms with Gasteiger partial charge in [-0.2, -0.15) is 13.2 Å². The zero-order valence-electron chi connectivity index (χ0n) is 13.8. The Balaban J connectivity index is 0.00000484. The molecule has 23 heavy (non-hydrogen) atoms. The fraction of sp³-hybridized carbons (Fsp3) is 0.933. The number of rotatable bonds is 7. The van der Waals surface area contributed by atoms with E-state index in [1.807, 2.05) is 6.92 Å². The number of alkyl halides is 3. The number of ether oxygens (including phenoxy) is 1. The molecule has 0 amide bonds. The summed E-state index contributed by atoms with van der Waals surface area (Å²) in [4.78, 5) is 3.92. The van der Waals surface area contributed by atoms with Crippen molar-refractivity contribution in [2.24, 2.45) is 4.99 Å². The Morgan fingerprint density at radius 3 is 2.35 bits per heavy atom. The lowest BCUT2D eigenvalue weighted by atomic mass is 10.1. The van der Waals surface area contributed by atoms with E-state index < -0.39 is 12.6 Å². The van der Waals surface area contributed by atoms with Gasteiger partial charge in [-0.05, 0) is 19.8 Å². The second-order valence-corrected chi connectivity index (χ2v) is 5.54. The molecule has 1 rings (SSSR count). The van der Waals surface area contributed by atoms with Crippen LogP contribution in [0.5, 0.6) is 0 Å². The predicted molar refractivity (Wildman–Crippen MR) is 97.5 cm³/mol. The molecular weight excluding hydrogens is 422 g/mol. The van der Waals surface area contributed by atoms with Crippen molar-refractivity contribution in [2.75, 3.05) is 26.2 Å². The van der Waals surface area contributed by atoms with Crippen molar-refractivity contribution >= 4 is 29.9 Å². The van der Waals surface area contributed by atoms with Crippen LogP contribution in [0.3, 0.4) is 0 Å². The van der Waals surface area contributed by atoms with Gasteiger partial charge in [-0.3, -0.25) is 4.99 Å². The first-order valence-corrected chi connectivity index (χ1v) is 8.22. The van der Waals surface area contributed by atoms with E-state index in [1.54, 1.807) is 0 Å². The fourth-order valence-electron chi connectivity index (χ4n) is 2.44. The fourth-order valence-corrected chi connectivity index (χ4v) is 2.44. The Morgan fingerprint density at radius 2 is 1.78 bits per heavy atom. The van der Waals surface area contributed by atoms with Crippen LogP contribution in [0, 0.1) is 0 Å². The lowest BCUT2D eigenvalue weighted by molar-refractivity contribution is -0.132. The third-order valence-corrected chi connectivity index (χ3v) is 3.56. The quantitative estimate of drug-likeness (QED) is 0.203. The van der Waals surface area contributed by atoms with Gasteiger partial charge < -0.3 is 15.4 Å². The standard InChI is InChI=1S/C15H28F3N3O.HI/c1-2-19-14(20-10-9-15(16,17)18)21-11-12-22-13-7-5-3-4-6-8-13;/h13H,2-12H2,1H3,(H2,19,20,21);1H. The van der Waals surface area contributed by atoms with Crippen LogP contribution in [0.1, 0.15) is 51.9 Å². The highest BCUT2D eigenvalue weighted by Gasteiger charge is 2.26. The first-order chi connectivity index (χ1) is 10.5. The van der Waals surface area contributed by atoms with Gasteiger partial charge in [0.15, 0.2) is 5.96 Å². The summed E-state index contributed by atoms with van der Waals surface area (Å²) in [5, 5.41) is 5.94. The average Bonchev–Trinajstić information content (AvgIpc) is 2.71. The van der Waals surface area contributed by atoms with Crippen LogP contribution >= 0.6 is 24.0 Å². The summed E-state index contributed by atoms with van der Waals surface area (Å²) < 4.78 is 42.1. The third kappa shape index (κ3) is 12.8. The molecule has 1 aliphatic rings. The number of hydrogen-bond donors (Lipinski definition) is 2. The van der Waals surface area contributed by atoms with E-state index in [4.69, 9.17) is 4.74 Å². The molecule has 0 atom stereocenters. The van der Waals surface area contributed by atoms with E-state index in [0.717, 1.165) is 12.8 Å². The molecule has 2 N–H and O–H groups in total. The van der Waals surface area contributed by atoms with Crippen molar-refractivity contribution in [3.05, 3.63) is 0 Å². The van der Waals surface area contributed by atoms with E-state index in [2.05, 4.69) is 15.6 Å². The minimum atomic E-state index is -4.16. The van der Waals surface area contributed by atoms with Gasteiger partial charge >= 0.3 is 6.18 Å². The molecule has 0 aromatic heterocycles. The van der Waals surface area contributed by atoms with E-state index >= 15 is 0 Å². The molecule has 0 aliphatic heterocycles. The van der Waals surface area contributed by atoms with Gasteiger partial charge in [-0.25, -0.2) is 0 Å². The molecule has 1 fully saturated rings. The molecule has 0 saturated heterocycles. The monoisotopic (exact) mass is 451 g/mol. The van der Waals surface area contributed by atoms with Crippen LogP contribution in [0.15, 0.2) is 4.99 Å². The normalized spacial score (nSPS) is 17.3. The minimum Gasteiger partial charge on any atom is -0.376 e. The molecule has 0 aromatic carbocycles. The van der Waals surface area contributed by atoms with E-state index in [-0.39, 0.29) is 30.5 Å². The summed E-state index contributed by atoms with van der Waals surface area (Å²) in [6, 6.07) is 0. The summed E-state index contributed by atoms with van der Waals surface area (Å²) in [7, 11) is 0. The minimum absolute atomic E-state index is 0. The Labute approximate surface area is 154 Å². The topological polar surface area (TPSA) is 45.7 Å². The number of nitrogens with one attached hydrogen (secondary N) is 2. The molecule has 0 heterocycles. The zero-order valence-corrected chi connectivity index (χ0v) is 16.1. The van der Waals surface area contributed by atoms with Crippen molar-refractivity contribution in [1.82, 2.24) is 10.6 Å². The number of halogens is 4. The molecule has 1 saturated carbocycles. The summed E-state index contributed by atoms with van der Waals surface area (Å²) in [6.07, 6.45) is 2.50. The van der Waals surface area contributed by atoms with Gasteiger partial charge in [0.2, 0.25) is 0 Å². The summed E-state index contributed by atoms with van der Waals surface area (Å²) >= 11 is 0. The molecule has 8 heteroatoms. The summed E-state index contributed by atoms with van der Waals surface area (Å²) in [5.41, 5.74) is 0. The Morgan fingerprint density at radius 1 is 1.13 bits per heavy atom. The maximum Gasteiger partial charge on any atom is 0.390 e. The Kier molecular flexibility index (Phi) is 12.9. The molecule has 138 valence electrons. The molecule has 0 radical (unpaired) electrons. The van der Waals surface area contributed by atoms with Crippen molar-refractivity contribution in [2.45, 2.75) is 64.1 Å². The third-order valence-electron chi connectivity index (χ3n) is 3.56. The first-order valence-electron chi connectivity index (χ1n) is 8.22. The molecule has 0 unspecified atom stereocenters. The molecule has 0 spiro atoms. The zero-order chi connectivity index (χ0) is 16.3. The molecule has 4 nitrogen and oxygen atoms in total. The number of aliphatic imine (C=N–C) groups is 1. The highest BCUT2D eigenvalue weighted by Crippen LogP contribution is 2.20. The summed E-state index contributed by atoms with van der Waals surface area (Å²) in [6.45, 7) is 3.33. The highest BCUT2D eigenvalue weighted by atomic mass is 127. The second-order valence-electron chi connectivity index (χ2n) is 5.54. The number of hydrogen-bond acceptors (Lipinski definition) is 2. The van der Waals surface area contributed by atoms with E-state index in [9.17, 15) is 13.2 Å². The SMILES string of the molecule is CCNC(=NCCC(F)(F)F)NCCOC1CCCCCC1.I. The molecule has 0 bridgehead atoms. The largest absolute Gasteiger partial charge is 0.390 e. The van der Waals surface area contributed by atoms with Crippen LogP contribution < -0.4 is 10.6 Å². The summed E-state index contributed by atoms with van der Waals surface area (Å²) in [5.74, 6) is 0.413. The van der Waals surface area contributed by atoms with Crippen LogP contribution in [0.4, 0.5) is 13.2 Å². The van der Waals surface area contributed by atoms with Crippen molar-refractivity contribution in [3.8, 4) is 0 Å². The van der Waals surface area contributed by atoms with E-state index in [1.165, 1.54) is 25.7 Å². The van der Waals surface area contributed by atoms with Gasteiger partial charge in [-0.15, -0.1) is 24.0 Å². The van der Waals surface area contributed by atoms with Gasteiger partial charge in [0.1, 0.15) is 0 Å². The molecule has 1 aliphatic carbocycles. The number of guanidine groups is 1. The smallest absolute Gasteiger partial charge is 0.376 e. The predicted octanol–water partition coefficient (Wildman–Crippen LogP) is 3.85. The van der Waals surface area contributed by atoms with Crippen molar-refractivity contribution in [3.63, 3.8) is 0 Å². The van der Waals surface area contributed by atoms with Crippen LogP contribution in [0.2, 0.25) is 0 Å². The molecule has 0 aromatic rings. The van der Waals surface area contributed by atoms with Crippen LogP contribution in [-0.4, -0.2) is 44.5 Å². The lowest BCUT2D eigenvalue weighted by Crippen LogP contribution is -2.39. The van der Waals surface area contributed by atoms with Crippen LogP contribution in [0.25, 0.3) is 0 Å². The van der Waals surface area contributed by atoms with Gasteiger partial charge in [0.05, 0.1) is 25.7 Å². The maximum atomic E-state index is 12.1. The number of nitrogens with zero attached hydrogens (tertiary/aromatic N) is 1. The Hall–Kier alpha value is -0.250. The molecular formula is C15H29F3IN3O. The van der Waals surface area contributed by atoms with Gasteiger partial charge in [-0.1, -0.05) is 25.7 Å². The average molecular weight is 451 g/mol. The van der Waals surface area contributed by atoms with Gasteiger partial charge in [0, 0.05) is 13.1 Å². The second kappa shape index (κ2) is 13.1. The lowest BCUT2D eigenvalue weighted by Gasteiger charge is -2.16. The van der Waals surface area contributed by atoms with Crippen LogP contribution in [-0.2, 0) is 4.74 Å². The van der Waals surface area contributed by atoms with Crippen molar-refractivity contribution < 1.29 is 17.9 Å². The van der Waals surface area contributed by atoms with Gasteiger partial charge in [0.25, 0.3) is 0 Å². The maximum absolute atomic E-state index is 12.1. The first kappa shape index (κ1) is 22.8.